The average Bonchev–Trinajstić information content (AvgIpc) is 3.08. The maximum atomic E-state index is 12.2. The molecule has 0 bridgehead atoms. The average molecular weight is 822 g/mol. The Balaban J connectivity index is 2.09. The normalized spacial score (nSPS) is 38.4. The van der Waals surface area contributed by atoms with Gasteiger partial charge in [0.15, 0.2) is 6.29 Å². The van der Waals surface area contributed by atoms with E-state index in [4.69, 9.17) is 28.9 Å². The maximum Gasteiger partial charge on any atom is 0.490 e. The smallest absolute Gasteiger partial charge is 0.394 e. The predicted molar refractivity (Wildman–Crippen MR) is 134 cm³/mol. The van der Waals surface area contributed by atoms with Crippen LogP contribution < -0.4 is 0 Å². The molecular weight excluding hydrogens is 794 g/mol. The third kappa shape index (κ3) is 12.6. The van der Waals surface area contributed by atoms with Gasteiger partial charge in [-0.3, -0.25) is 4.52 Å². The standard InChI is InChI=1S/C12H28O29P6/c13-1-4-7(16)10(19)12(3-14,35-4)36-11-9(18)8(17)6(15)5(34-11)2-33-43(23,24)38-45(27,28)40-47(31,32)41-46(29,30)39-44(25,26)37-42(20,21)22/h4-11,13-19H,1-3H2,(H,23,24)(H,25,26)(H,27,28)(H,29,30)(H,31,32)(H2,20,21,22)/t4-,5-,6-,7-,8+,9-,10+,11-,12+/m1/s1. The lowest BCUT2D eigenvalue weighted by Gasteiger charge is -2.43. The Hall–Kier alpha value is 0.460. The molecule has 0 aliphatic carbocycles. The SMILES string of the molecule is O=P(O)(O)OP(=O)(O)OP(=O)(O)OP(=O)(O)OP(=O)(O)OP(=O)(O)OC[C@H]1O[C@H](O[C@]2(CO)O[C@H](CO)[C@@H](O)[C@@H]2O)[C@H](O)[C@@H](O)[C@@H]1O. The van der Waals surface area contributed by atoms with E-state index in [1.807, 2.05) is 0 Å². The Morgan fingerprint density at radius 2 is 1.02 bits per heavy atom. The highest BCUT2D eigenvalue weighted by atomic mass is 31.3. The number of aliphatic hydroxyl groups excluding tert-OH is 7. The van der Waals surface area contributed by atoms with E-state index in [-0.39, 0.29) is 0 Å². The number of phosphoric ester groups is 1. The van der Waals surface area contributed by atoms with Gasteiger partial charge in [0.2, 0.25) is 5.79 Å². The molecule has 35 heteroatoms. The topological polar surface area (TPSA) is 469 Å². The van der Waals surface area contributed by atoms with E-state index < -0.39 is 122 Å². The van der Waals surface area contributed by atoms with Crippen LogP contribution in [0.5, 0.6) is 0 Å². The van der Waals surface area contributed by atoms with Crippen molar-refractivity contribution in [1.29, 1.82) is 0 Å². The van der Waals surface area contributed by atoms with E-state index in [1.165, 1.54) is 0 Å². The molecule has 0 aromatic rings. The monoisotopic (exact) mass is 822 g/mol. The minimum Gasteiger partial charge on any atom is -0.394 e. The zero-order valence-corrected chi connectivity index (χ0v) is 27.7. The molecule has 2 heterocycles. The molecule has 0 aromatic carbocycles. The number of aliphatic hydroxyl groups is 7. The van der Waals surface area contributed by atoms with Gasteiger partial charge in [-0.05, 0) is 0 Å². The van der Waals surface area contributed by atoms with Gasteiger partial charge in [0.1, 0.15) is 49.3 Å². The number of ether oxygens (including phenoxy) is 3. The van der Waals surface area contributed by atoms with E-state index in [2.05, 4.69) is 26.1 Å². The lowest BCUT2D eigenvalue weighted by Crippen LogP contribution is -2.62. The van der Waals surface area contributed by atoms with Gasteiger partial charge in [-0.2, -0.15) is 21.6 Å². The van der Waals surface area contributed by atoms with Gasteiger partial charge in [-0.25, -0.2) is 27.4 Å². The first-order chi connectivity index (χ1) is 21.0. The van der Waals surface area contributed by atoms with Crippen molar-refractivity contribution in [3.63, 3.8) is 0 Å². The van der Waals surface area contributed by atoms with Crippen LogP contribution >= 0.6 is 46.9 Å². The molecule has 47 heavy (non-hydrogen) atoms. The maximum absolute atomic E-state index is 12.2. The summed E-state index contributed by atoms with van der Waals surface area (Å²) in [6.07, 6.45) is -16.7. The highest BCUT2D eigenvalue weighted by Crippen LogP contribution is 2.75. The Morgan fingerprint density at radius 1 is 0.574 bits per heavy atom. The van der Waals surface area contributed by atoms with Gasteiger partial charge in [0.25, 0.3) is 0 Å². The van der Waals surface area contributed by atoms with Gasteiger partial charge in [-0.15, -0.1) is 0 Å². The lowest BCUT2D eigenvalue weighted by molar-refractivity contribution is -0.383. The number of rotatable bonds is 17. The molecule has 280 valence electrons. The molecule has 2 saturated heterocycles. The molecule has 14 N–H and O–H groups in total. The Kier molecular flexibility index (Phi) is 14.5. The van der Waals surface area contributed by atoms with Crippen molar-refractivity contribution >= 4 is 46.9 Å². The van der Waals surface area contributed by atoms with E-state index in [9.17, 15) is 82.7 Å². The minimum atomic E-state index is -6.55. The van der Waals surface area contributed by atoms with Crippen molar-refractivity contribution in [3.8, 4) is 0 Å². The van der Waals surface area contributed by atoms with Crippen LogP contribution in [0.2, 0.25) is 0 Å². The van der Waals surface area contributed by atoms with Crippen LogP contribution in [0.4, 0.5) is 0 Å². The van der Waals surface area contributed by atoms with E-state index in [0.717, 1.165) is 0 Å². The molecule has 29 nitrogen and oxygen atoms in total. The molecule has 14 atom stereocenters. The molecule has 5 unspecified atom stereocenters. The summed E-state index contributed by atoms with van der Waals surface area (Å²) in [6.45, 7) is -3.67. The van der Waals surface area contributed by atoms with E-state index in [0.29, 0.717) is 0 Å². The fraction of sp³-hybridized carbons (Fsp3) is 1.00. The molecule has 2 aliphatic rings. The summed E-state index contributed by atoms with van der Waals surface area (Å²) in [7, 11) is -37.7. The molecule has 0 amide bonds. The Labute approximate surface area is 259 Å². The summed E-state index contributed by atoms with van der Waals surface area (Å²) >= 11 is 0. The van der Waals surface area contributed by atoms with E-state index in [1.54, 1.807) is 0 Å². The zero-order chi connectivity index (χ0) is 36.6. The second-order valence-electron chi connectivity index (χ2n) is 8.91. The lowest BCUT2D eigenvalue weighted by atomic mass is 9.99. The second kappa shape index (κ2) is 15.6. The van der Waals surface area contributed by atoms with Crippen LogP contribution in [-0.2, 0) is 67.7 Å². The van der Waals surface area contributed by atoms with Crippen molar-refractivity contribution < 1.29 is 138 Å². The quantitative estimate of drug-likeness (QED) is 0.0613. The van der Waals surface area contributed by atoms with Crippen molar-refractivity contribution in [2.75, 3.05) is 19.8 Å². The summed E-state index contributed by atoms with van der Waals surface area (Å²) < 4.78 is 106. The Morgan fingerprint density at radius 3 is 1.43 bits per heavy atom. The third-order valence-corrected chi connectivity index (χ3v) is 14.1. The summed E-state index contributed by atoms with van der Waals surface area (Å²) in [5, 5.41) is 69.7. The van der Waals surface area contributed by atoms with Gasteiger partial charge in [-0.1, -0.05) is 0 Å². The minimum absolute atomic E-state index is 0.913. The highest BCUT2D eigenvalue weighted by molar-refractivity contribution is 7.72. The molecule has 0 aromatic heterocycles. The number of phosphoric acid groups is 6. The van der Waals surface area contributed by atoms with Crippen LogP contribution in [0, 0.1) is 0 Å². The van der Waals surface area contributed by atoms with Crippen molar-refractivity contribution in [2.24, 2.45) is 0 Å². The third-order valence-electron chi connectivity index (χ3n) is 5.33. The molecule has 0 radical (unpaired) electrons. The van der Waals surface area contributed by atoms with Crippen molar-refractivity contribution in [2.45, 2.75) is 54.8 Å². The molecule has 2 rings (SSSR count). The van der Waals surface area contributed by atoms with Crippen LogP contribution in [-0.4, -0.2) is 145 Å². The zero-order valence-electron chi connectivity index (χ0n) is 22.3. The summed E-state index contributed by atoms with van der Waals surface area (Å²) in [5.41, 5.74) is 0. The van der Waals surface area contributed by atoms with Crippen LogP contribution in [0.15, 0.2) is 0 Å². The molecule has 2 fully saturated rings. The molecule has 0 saturated carbocycles. The first-order valence-electron chi connectivity index (χ1n) is 11.5. The molecular formula is C12H28O29P6. The fourth-order valence-corrected chi connectivity index (χ4v) is 10.8. The fourth-order valence-electron chi connectivity index (χ4n) is 3.52. The summed E-state index contributed by atoms with van der Waals surface area (Å²) in [6, 6.07) is 0. The molecule has 0 spiro atoms. The van der Waals surface area contributed by atoms with Gasteiger partial charge >= 0.3 is 46.9 Å². The van der Waals surface area contributed by atoms with Crippen molar-refractivity contribution in [3.05, 3.63) is 0 Å². The first kappa shape index (κ1) is 43.6. The van der Waals surface area contributed by atoms with Gasteiger partial charge in [0.05, 0.1) is 13.2 Å². The van der Waals surface area contributed by atoms with Crippen molar-refractivity contribution in [1.82, 2.24) is 0 Å². The predicted octanol–water partition coefficient (Wildman–Crippen LogP) is -4.69. The second-order valence-corrected chi connectivity index (χ2v) is 18.1. The van der Waals surface area contributed by atoms with Crippen LogP contribution in [0.3, 0.4) is 0 Å². The number of hydrogen-bond acceptors (Lipinski definition) is 22. The summed E-state index contributed by atoms with van der Waals surface area (Å²) in [4.78, 5) is 63.8. The Bertz CT molecular complexity index is 1380. The largest absolute Gasteiger partial charge is 0.490 e. The highest BCUT2D eigenvalue weighted by Gasteiger charge is 2.58. The number of hydrogen-bond donors (Lipinski definition) is 14. The van der Waals surface area contributed by atoms with E-state index >= 15 is 0 Å². The van der Waals surface area contributed by atoms with Crippen LogP contribution in [0.1, 0.15) is 0 Å². The van der Waals surface area contributed by atoms with Gasteiger partial charge in [0, 0.05) is 0 Å². The first-order valence-corrected chi connectivity index (χ1v) is 20.5. The van der Waals surface area contributed by atoms with Gasteiger partial charge < -0.3 is 84.2 Å². The molecule has 2 aliphatic heterocycles. The van der Waals surface area contributed by atoms with Crippen LogP contribution in [0.25, 0.3) is 0 Å². The summed E-state index contributed by atoms with van der Waals surface area (Å²) in [5.74, 6) is -2.63.